The van der Waals surface area contributed by atoms with Gasteiger partial charge < -0.3 is 10.6 Å². The van der Waals surface area contributed by atoms with Crippen molar-refractivity contribution < 1.29 is 0 Å². The fourth-order valence-corrected chi connectivity index (χ4v) is 2.49. The van der Waals surface area contributed by atoms with Gasteiger partial charge in [0, 0.05) is 22.9 Å². The van der Waals surface area contributed by atoms with Crippen LogP contribution in [0.1, 0.15) is 0 Å². The number of benzene rings is 1. The Kier molecular flexibility index (Phi) is 4.47. The van der Waals surface area contributed by atoms with Crippen molar-refractivity contribution in [1.82, 2.24) is 15.0 Å². The third-order valence-electron chi connectivity index (χ3n) is 3.01. The van der Waals surface area contributed by atoms with Crippen LogP contribution in [0.3, 0.4) is 0 Å². The van der Waals surface area contributed by atoms with Crippen LogP contribution in [0.4, 0.5) is 17.5 Å². The van der Waals surface area contributed by atoms with E-state index in [-0.39, 0.29) is 0 Å². The summed E-state index contributed by atoms with van der Waals surface area (Å²) < 4.78 is 1.13. The molecule has 0 radical (unpaired) electrons. The van der Waals surface area contributed by atoms with E-state index in [1.165, 1.54) is 0 Å². The van der Waals surface area contributed by atoms with Crippen LogP contribution in [0.2, 0.25) is 0 Å². The maximum Gasteiger partial charge on any atom is 0.225 e. The van der Waals surface area contributed by atoms with E-state index in [0.717, 1.165) is 26.5 Å². The molecule has 0 aliphatic heterocycles. The molecule has 2 aromatic heterocycles. The second-order valence-electron chi connectivity index (χ2n) is 4.53. The van der Waals surface area contributed by atoms with Gasteiger partial charge in [-0.1, -0.05) is 18.2 Å². The number of hydrogen-bond acceptors (Lipinski definition) is 5. The maximum absolute atomic E-state index is 4.46. The molecule has 0 bridgehead atoms. The van der Waals surface area contributed by atoms with Gasteiger partial charge in [-0.05, 0) is 46.9 Å². The third-order valence-corrected chi connectivity index (χ3v) is 3.95. The number of nitrogens with one attached hydrogen (secondary N) is 2. The molecule has 2 N–H and O–H groups in total. The van der Waals surface area contributed by atoms with Crippen molar-refractivity contribution in [2.45, 2.75) is 0 Å². The molecule has 0 saturated carbocycles. The molecule has 1 aromatic carbocycles. The maximum atomic E-state index is 4.46. The molecule has 110 valence electrons. The van der Waals surface area contributed by atoms with Crippen LogP contribution in [0, 0.1) is 3.57 Å². The van der Waals surface area contributed by atoms with E-state index < -0.39 is 0 Å². The molecule has 0 unspecified atom stereocenters. The molecule has 0 saturated heterocycles. The predicted molar refractivity (Wildman–Crippen MR) is 97.3 cm³/mol. The van der Waals surface area contributed by atoms with Crippen LogP contribution < -0.4 is 10.6 Å². The SMILES string of the molecule is CNc1nc(Nc2ccccc2I)cc(-c2ccccn2)n1. The summed E-state index contributed by atoms with van der Waals surface area (Å²) in [5, 5.41) is 6.32. The first-order chi connectivity index (χ1) is 10.8. The highest BCUT2D eigenvalue weighted by atomic mass is 127. The summed E-state index contributed by atoms with van der Waals surface area (Å²) in [4.78, 5) is 13.3. The molecule has 0 aliphatic rings. The standard InChI is InChI=1S/C16H14IN5/c1-18-16-21-14(13-8-4-5-9-19-13)10-15(22-16)20-12-7-3-2-6-11(12)17/h2-10H,1H3,(H2,18,20,21,22). The number of nitrogens with zero attached hydrogens (tertiary/aromatic N) is 3. The minimum Gasteiger partial charge on any atom is -0.357 e. The predicted octanol–water partition coefficient (Wildman–Crippen LogP) is 3.93. The Labute approximate surface area is 142 Å². The fraction of sp³-hybridized carbons (Fsp3) is 0.0625. The summed E-state index contributed by atoms with van der Waals surface area (Å²) in [5.74, 6) is 1.28. The van der Waals surface area contributed by atoms with Crippen molar-refractivity contribution in [3.63, 3.8) is 0 Å². The van der Waals surface area contributed by atoms with E-state index in [1.54, 1.807) is 13.2 Å². The van der Waals surface area contributed by atoms with Gasteiger partial charge in [0.2, 0.25) is 5.95 Å². The van der Waals surface area contributed by atoms with Crippen LogP contribution in [-0.4, -0.2) is 22.0 Å². The third kappa shape index (κ3) is 3.33. The molecule has 6 heteroatoms. The Bertz CT molecular complexity index is 776. The lowest BCUT2D eigenvalue weighted by Gasteiger charge is -2.10. The largest absolute Gasteiger partial charge is 0.357 e. The molecular weight excluding hydrogens is 389 g/mol. The highest BCUT2D eigenvalue weighted by Gasteiger charge is 2.08. The molecular formula is C16H14IN5. The topological polar surface area (TPSA) is 62.7 Å². The molecule has 0 atom stereocenters. The lowest BCUT2D eigenvalue weighted by atomic mass is 10.2. The minimum atomic E-state index is 0.552. The number of hydrogen-bond donors (Lipinski definition) is 2. The van der Waals surface area contributed by atoms with Crippen molar-refractivity contribution >= 4 is 40.0 Å². The number of anilines is 3. The number of para-hydroxylation sites is 1. The zero-order valence-corrected chi connectivity index (χ0v) is 14.1. The number of rotatable bonds is 4. The first kappa shape index (κ1) is 14.7. The van der Waals surface area contributed by atoms with Crippen LogP contribution in [0.15, 0.2) is 54.7 Å². The summed E-state index contributed by atoms with van der Waals surface area (Å²) in [7, 11) is 1.80. The molecule has 3 rings (SSSR count). The van der Waals surface area contributed by atoms with Crippen molar-refractivity contribution in [3.8, 4) is 11.4 Å². The zero-order valence-electron chi connectivity index (χ0n) is 11.9. The summed E-state index contributed by atoms with van der Waals surface area (Å²) in [6.45, 7) is 0. The van der Waals surface area contributed by atoms with Gasteiger partial charge in [-0.2, -0.15) is 4.98 Å². The van der Waals surface area contributed by atoms with E-state index in [9.17, 15) is 0 Å². The highest BCUT2D eigenvalue weighted by Crippen LogP contribution is 2.24. The van der Waals surface area contributed by atoms with Gasteiger partial charge in [-0.15, -0.1) is 0 Å². The normalized spacial score (nSPS) is 10.3. The van der Waals surface area contributed by atoms with Crippen molar-refractivity contribution in [1.29, 1.82) is 0 Å². The molecule has 3 aromatic rings. The van der Waals surface area contributed by atoms with Crippen LogP contribution in [0.5, 0.6) is 0 Å². The number of halogens is 1. The molecule has 5 nitrogen and oxygen atoms in total. The number of pyridine rings is 1. The summed E-state index contributed by atoms with van der Waals surface area (Å²) >= 11 is 2.29. The molecule has 0 aliphatic carbocycles. The number of aromatic nitrogens is 3. The van der Waals surface area contributed by atoms with E-state index in [0.29, 0.717) is 5.95 Å². The Morgan fingerprint density at radius 2 is 1.77 bits per heavy atom. The van der Waals surface area contributed by atoms with Gasteiger partial charge in [0.15, 0.2) is 0 Å². The Balaban J connectivity index is 2.00. The van der Waals surface area contributed by atoms with Gasteiger partial charge in [0.25, 0.3) is 0 Å². The average Bonchev–Trinajstić information content (AvgIpc) is 2.57. The van der Waals surface area contributed by atoms with Crippen LogP contribution in [-0.2, 0) is 0 Å². The Hall–Kier alpha value is -2.22. The average molecular weight is 403 g/mol. The van der Waals surface area contributed by atoms with E-state index in [1.807, 2.05) is 48.5 Å². The first-order valence-electron chi connectivity index (χ1n) is 6.76. The summed E-state index contributed by atoms with van der Waals surface area (Å²) in [5.41, 5.74) is 2.59. The molecule has 0 fully saturated rings. The molecule has 2 heterocycles. The van der Waals surface area contributed by atoms with E-state index in [2.05, 4.69) is 48.2 Å². The van der Waals surface area contributed by atoms with E-state index >= 15 is 0 Å². The molecule has 0 spiro atoms. The quantitative estimate of drug-likeness (QED) is 0.647. The monoisotopic (exact) mass is 403 g/mol. The van der Waals surface area contributed by atoms with Crippen molar-refractivity contribution in [2.75, 3.05) is 17.7 Å². The van der Waals surface area contributed by atoms with Crippen molar-refractivity contribution in [3.05, 3.63) is 58.3 Å². The highest BCUT2D eigenvalue weighted by molar-refractivity contribution is 14.1. The van der Waals surface area contributed by atoms with Gasteiger partial charge >= 0.3 is 0 Å². The fourth-order valence-electron chi connectivity index (χ4n) is 1.97. The Morgan fingerprint density at radius 3 is 2.50 bits per heavy atom. The smallest absolute Gasteiger partial charge is 0.225 e. The van der Waals surface area contributed by atoms with Crippen molar-refractivity contribution in [2.24, 2.45) is 0 Å². The Morgan fingerprint density at radius 1 is 0.955 bits per heavy atom. The van der Waals surface area contributed by atoms with Crippen LogP contribution in [0.25, 0.3) is 11.4 Å². The lowest BCUT2D eigenvalue weighted by Crippen LogP contribution is -2.03. The zero-order chi connectivity index (χ0) is 15.4. The summed E-state index contributed by atoms with van der Waals surface area (Å²) in [6.07, 6.45) is 1.75. The van der Waals surface area contributed by atoms with Crippen LogP contribution >= 0.6 is 22.6 Å². The summed E-state index contributed by atoms with van der Waals surface area (Å²) in [6, 6.07) is 15.7. The molecule has 22 heavy (non-hydrogen) atoms. The van der Waals surface area contributed by atoms with Gasteiger partial charge in [0.1, 0.15) is 5.82 Å². The first-order valence-corrected chi connectivity index (χ1v) is 7.84. The van der Waals surface area contributed by atoms with Gasteiger partial charge in [0.05, 0.1) is 17.1 Å². The van der Waals surface area contributed by atoms with E-state index in [4.69, 9.17) is 0 Å². The van der Waals surface area contributed by atoms with Gasteiger partial charge in [-0.3, -0.25) is 4.98 Å². The second-order valence-corrected chi connectivity index (χ2v) is 5.69. The minimum absolute atomic E-state index is 0.552. The molecule has 0 amide bonds. The van der Waals surface area contributed by atoms with Gasteiger partial charge in [-0.25, -0.2) is 4.98 Å². The lowest BCUT2D eigenvalue weighted by molar-refractivity contribution is 1.14. The second kappa shape index (κ2) is 6.69.